The Labute approximate surface area is 148 Å². The minimum Gasteiger partial charge on any atom is -0.485 e. The fourth-order valence-corrected chi connectivity index (χ4v) is 2.80. The van der Waals surface area contributed by atoms with E-state index in [2.05, 4.69) is 4.98 Å². The van der Waals surface area contributed by atoms with Crippen LogP contribution in [-0.4, -0.2) is 20.5 Å². The molecule has 0 unspecified atom stereocenters. The summed E-state index contributed by atoms with van der Waals surface area (Å²) in [5.74, 6) is -2.35. The first-order valence-corrected chi connectivity index (χ1v) is 8.11. The molecule has 1 aromatic carbocycles. The number of carbonyl (C=O) groups is 1. The zero-order valence-corrected chi connectivity index (χ0v) is 14.6. The summed E-state index contributed by atoms with van der Waals surface area (Å²) in [6, 6.07) is 5.25. The molecule has 0 fully saturated rings. The predicted molar refractivity (Wildman–Crippen MR) is 91.7 cm³/mol. The van der Waals surface area contributed by atoms with Crippen molar-refractivity contribution in [2.75, 3.05) is 0 Å². The van der Waals surface area contributed by atoms with E-state index in [0.717, 1.165) is 17.7 Å². The number of carboxylic acids is 1. The fourth-order valence-electron chi connectivity index (χ4n) is 2.80. The van der Waals surface area contributed by atoms with E-state index >= 15 is 0 Å². The number of fused-ring (bicyclic) bond motifs is 1. The molecule has 0 amide bonds. The lowest BCUT2D eigenvalue weighted by molar-refractivity contribution is 0.0687. The highest BCUT2D eigenvalue weighted by atomic mass is 19.1. The molecule has 1 N–H and O–H groups in total. The lowest BCUT2D eigenvalue weighted by Crippen LogP contribution is -2.07. The summed E-state index contributed by atoms with van der Waals surface area (Å²) in [5, 5.41) is 9.56. The first-order valence-electron chi connectivity index (χ1n) is 8.11. The Hall–Kier alpha value is -2.96. The van der Waals surface area contributed by atoms with Gasteiger partial charge in [0.2, 0.25) is 0 Å². The van der Waals surface area contributed by atoms with Crippen molar-refractivity contribution in [2.45, 2.75) is 33.3 Å². The van der Waals surface area contributed by atoms with E-state index in [1.165, 1.54) is 10.5 Å². The largest absolute Gasteiger partial charge is 0.485 e. The fraction of sp³-hybridized carbons (Fsp3) is 0.263. The third-order valence-electron chi connectivity index (χ3n) is 4.03. The number of aryl methyl sites for hydroxylation is 1. The molecule has 2 aromatic heterocycles. The average molecular weight is 360 g/mol. The van der Waals surface area contributed by atoms with Gasteiger partial charge in [0.25, 0.3) is 0 Å². The predicted octanol–water partition coefficient (Wildman–Crippen LogP) is 4.32. The van der Waals surface area contributed by atoms with Crippen molar-refractivity contribution in [3.8, 4) is 5.75 Å². The molecule has 5 nitrogen and oxygen atoms in total. The number of nitrogens with zero attached hydrogens (tertiary/aromatic N) is 2. The molecule has 0 radical (unpaired) electrons. The van der Waals surface area contributed by atoms with Gasteiger partial charge < -0.3 is 9.84 Å². The Balaban J connectivity index is 2.09. The Morgan fingerprint density at radius 3 is 2.54 bits per heavy atom. The number of aromatic nitrogens is 2. The van der Waals surface area contributed by atoms with Crippen molar-refractivity contribution in [3.05, 3.63) is 64.6 Å². The van der Waals surface area contributed by atoms with Gasteiger partial charge >= 0.3 is 5.97 Å². The molecular weight excluding hydrogens is 342 g/mol. The van der Waals surface area contributed by atoms with Gasteiger partial charge in [0.15, 0.2) is 17.1 Å². The van der Waals surface area contributed by atoms with Gasteiger partial charge in [-0.1, -0.05) is 19.9 Å². The first-order chi connectivity index (χ1) is 12.3. The summed E-state index contributed by atoms with van der Waals surface area (Å²) in [7, 11) is 0. The lowest BCUT2D eigenvalue weighted by atomic mass is 10.1. The van der Waals surface area contributed by atoms with Crippen LogP contribution < -0.4 is 4.74 Å². The molecule has 3 rings (SSSR count). The number of halogens is 2. The molecule has 136 valence electrons. The van der Waals surface area contributed by atoms with Crippen molar-refractivity contribution in [1.29, 1.82) is 0 Å². The SMILES string of the molecule is Cc1cc(OCc2c(F)cccc2F)c2nc(C(C)C)c(C(=O)O)n2c1. The summed E-state index contributed by atoms with van der Waals surface area (Å²) < 4.78 is 34.7. The van der Waals surface area contributed by atoms with E-state index in [-0.39, 0.29) is 29.5 Å². The number of ether oxygens (including phenoxy) is 1. The highest BCUT2D eigenvalue weighted by Crippen LogP contribution is 2.28. The van der Waals surface area contributed by atoms with Crippen molar-refractivity contribution < 1.29 is 23.4 Å². The third kappa shape index (κ3) is 3.12. The molecule has 7 heteroatoms. The zero-order valence-electron chi connectivity index (χ0n) is 14.6. The Morgan fingerprint density at radius 1 is 1.31 bits per heavy atom. The van der Waals surface area contributed by atoms with E-state index < -0.39 is 17.6 Å². The number of aromatic carboxylic acids is 1. The lowest BCUT2D eigenvalue weighted by Gasteiger charge is -2.10. The van der Waals surface area contributed by atoms with Crippen molar-refractivity contribution in [3.63, 3.8) is 0 Å². The second kappa shape index (κ2) is 6.74. The van der Waals surface area contributed by atoms with Crippen LogP contribution in [-0.2, 0) is 6.61 Å². The standard InChI is InChI=1S/C19H18F2N2O3/c1-10(2)16-17(19(24)25)23-8-11(3)7-15(18(23)22-16)26-9-12-13(20)5-4-6-14(12)21/h4-8,10H,9H2,1-3H3,(H,24,25). The van der Waals surface area contributed by atoms with Gasteiger partial charge in [-0.25, -0.2) is 18.6 Å². The smallest absolute Gasteiger partial charge is 0.354 e. The Morgan fingerprint density at radius 2 is 1.96 bits per heavy atom. The molecule has 2 heterocycles. The van der Waals surface area contributed by atoms with Crippen LogP contribution in [0.2, 0.25) is 0 Å². The molecule has 0 atom stereocenters. The second-order valence-electron chi connectivity index (χ2n) is 6.37. The summed E-state index contributed by atoms with van der Waals surface area (Å²) >= 11 is 0. The number of carboxylic acid groups (broad SMARTS) is 1. The second-order valence-corrected chi connectivity index (χ2v) is 6.37. The maximum absolute atomic E-state index is 13.8. The van der Waals surface area contributed by atoms with Crippen molar-refractivity contribution >= 4 is 11.6 Å². The van der Waals surface area contributed by atoms with E-state index in [1.54, 1.807) is 19.2 Å². The summed E-state index contributed by atoms with van der Waals surface area (Å²) in [4.78, 5) is 16.1. The van der Waals surface area contributed by atoms with Crippen molar-refractivity contribution in [2.24, 2.45) is 0 Å². The molecular formula is C19H18F2N2O3. The molecule has 0 aliphatic carbocycles. The summed E-state index contributed by atoms with van der Waals surface area (Å²) in [5.41, 5.74) is 1.32. The van der Waals surface area contributed by atoms with E-state index in [9.17, 15) is 18.7 Å². The third-order valence-corrected chi connectivity index (χ3v) is 4.03. The van der Waals surface area contributed by atoms with Crippen LogP contribution >= 0.6 is 0 Å². The number of imidazole rings is 1. The molecule has 0 aliphatic heterocycles. The van der Waals surface area contributed by atoms with E-state index in [0.29, 0.717) is 11.3 Å². The molecule has 0 spiro atoms. The van der Waals surface area contributed by atoms with Gasteiger partial charge in [-0.3, -0.25) is 4.40 Å². The van der Waals surface area contributed by atoms with Crippen molar-refractivity contribution in [1.82, 2.24) is 9.38 Å². The van der Waals surface area contributed by atoms with Gasteiger partial charge in [-0.2, -0.15) is 0 Å². The van der Waals surface area contributed by atoms with Gasteiger partial charge in [0.05, 0.1) is 11.3 Å². The molecule has 3 aromatic rings. The van der Waals surface area contributed by atoms with Crippen LogP contribution in [0.5, 0.6) is 5.75 Å². The van der Waals surface area contributed by atoms with Crippen LogP contribution in [0.25, 0.3) is 5.65 Å². The topological polar surface area (TPSA) is 63.8 Å². The molecule has 0 saturated heterocycles. The molecule has 26 heavy (non-hydrogen) atoms. The maximum atomic E-state index is 13.8. The quantitative estimate of drug-likeness (QED) is 0.736. The van der Waals surface area contributed by atoms with Gasteiger partial charge in [0.1, 0.15) is 18.2 Å². The maximum Gasteiger partial charge on any atom is 0.354 e. The molecule has 0 aliphatic rings. The summed E-state index contributed by atoms with van der Waals surface area (Å²) in [6.45, 7) is 5.13. The van der Waals surface area contributed by atoms with Gasteiger partial charge in [-0.15, -0.1) is 0 Å². The van der Waals surface area contributed by atoms with Crippen LogP contribution in [0, 0.1) is 18.6 Å². The molecule has 0 bridgehead atoms. The van der Waals surface area contributed by atoms with Crippen LogP contribution in [0.15, 0.2) is 30.5 Å². The van der Waals surface area contributed by atoms with Gasteiger partial charge in [0, 0.05) is 6.20 Å². The highest BCUT2D eigenvalue weighted by molar-refractivity contribution is 5.89. The van der Waals surface area contributed by atoms with Crippen LogP contribution in [0.4, 0.5) is 8.78 Å². The minimum atomic E-state index is -1.10. The van der Waals surface area contributed by atoms with Crippen LogP contribution in [0.1, 0.15) is 47.1 Å². The van der Waals surface area contributed by atoms with E-state index in [4.69, 9.17) is 4.74 Å². The number of hydrogen-bond donors (Lipinski definition) is 1. The Bertz CT molecular complexity index is 976. The van der Waals surface area contributed by atoms with Gasteiger partial charge in [-0.05, 0) is 36.6 Å². The number of rotatable bonds is 5. The monoisotopic (exact) mass is 360 g/mol. The number of benzene rings is 1. The normalized spacial score (nSPS) is 11.3. The summed E-state index contributed by atoms with van der Waals surface area (Å²) in [6.07, 6.45) is 1.65. The average Bonchev–Trinajstić information content (AvgIpc) is 2.94. The highest BCUT2D eigenvalue weighted by Gasteiger charge is 2.23. The minimum absolute atomic E-state index is 0.0561. The number of hydrogen-bond acceptors (Lipinski definition) is 3. The zero-order chi connectivity index (χ0) is 19.0. The molecule has 0 saturated carbocycles. The van der Waals surface area contributed by atoms with E-state index in [1.807, 2.05) is 13.8 Å². The van der Waals surface area contributed by atoms with Crippen LogP contribution in [0.3, 0.4) is 0 Å². The Kier molecular flexibility index (Phi) is 4.63. The first kappa shape index (κ1) is 17.8. The number of pyridine rings is 1.